The molecule has 2 N–H and O–H groups in total. The van der Waals surface area contributed by atoms with Crippen LogP contribution in [0.15, 0.2) is 95.6 Å². The molecule has 5 heteroatoms. The van der Waals surface area contributed by atoms with Gasteiger partial charge in [-0.25, -0.2) is 4.98 Å². The van der Waals surface area contributed by atoms with Gasteiger partial charge in [-0.3, -0.25) is 4.79 Å². The number of rotatable bonds is 4. The molecule has 0 bridgehead atoms. The number of carbonyl (C=O) groups is 1. The van der Waals surface area contributed by atoms with Crippen LogP contribution in [-0.4, -0.2) is 15.9 Å². The zero-order valence-corrected chi connectivity index (χ0v) is 15.4. The van der Waals surface area contributed by atoms with Crippen molar-refractivity contribution < 1.29 is 9.21 Å². The Morgan fingerprint density at radius 2 is 1.66 bits per heavy atom. The standard InChI is InChI=1S/C24H17N3O2/c28-24(17-5-2-1-3-6-17)25-19-11-8-16(9-12-19)23-26-20-13-10-18(15-21(20)27-23)22-7-4-14-29-22/h1-15H,(H,25,28)(H,26,27). The normalized spacial score (nSPS) is 10.9. The lowest BCUT2D eigenvalue weighted by Crippen LogP contribution is -2.11. The van der Waals surface area contributed by atoms with Gasteiger partial charge in [-0.15, -0.1) is 0 Å². The maximum Gasteiger partial charge on any atom is 0.255 e. The highest BCUT2D eigenvalue weighted by molar-refractivity contribution is 6.04. The zero-order valence-electron chi connectivity index (χ0n) is 15.4. The molecule has 0 atom stereocenters. The Morgan fingerprint density at radius 1 is 0.862 bits per heavy atom. The molecule has 29 heavy (non-hydrogen) atoms. The average molecular weight is 379 g/mol. The predicted molar refractivity (Wildman–Crippen MR) is 114 cm³/mol. The summed E-state index contributed by atoms with van der Waals surface area (Å²) in [7, 11) is 0. The first-order chi connectivity index (χ1) is 14.3. The first kappa shape index (κ1) is 17.0. The summed E-state index contributed by atoms with van der Waals surface area (Å²) in [4.78, 5) is 20.3. The molecule has 1 amide bonds. The Bertz CT molecular complexity index is 1270. The Balaban J connectivity index is 1.38. The third kappa shape index (κ3) is 3.41. The maximum atomic E-state index is 12.3. The number of benzene rings is 3. The SMILES string of the molecule is O=C(Nc1ccc(-c2nc3ccc(-c4ccco4)cc3[nH]2)cc1)c1ccccc1. The summed E-state index contributed by atoms with van der Waals surface area (Å²) in [6.45, 7) is 0. The number of fused-ring (bicyclic) bond motifs is 1. The highest BCUT2D eigenvalue weighted by Crippen LogP contribution is 2.27. The molecule has 0 spiro atoms. The van der Waals surface area contributed by atoms with Crippen molar-refractivity contribution >= 4 is 22.6 Å². The minimum atomic E-state index is -0.132. The third-order valence-corrected chi connectivity index (χ3v) is 4.74. The largest absolute Gasteiger partial charge is 0.464 e. The molecule has 0 aliphatic heterocycles. The van der Waals surface area contributed by atoms with E-state index < -0.39 is 0 Å². The summed E-state index contributed by atoms with van der Waals surface area (Å²) < 4.78 is 5.47. The molecule has 0 aliphatic carbocycles. The minimum Gasteiger partial charge on any atom is -0.464 e. The molecule has 3 aromatic carbocycles. The molecule has 0 aliphatic rings. The monoisotopic (exact) mass is 379 g/mol. The highest BCUT2D eigenvalue weighted by Gasteiger charge is 2.09. The van der Waals surface area contributed by atoms with Gasteiger partial charge in [0.15, 0.2) is 0 Å². The molecular formula is C24H17N3O2. The van der Waals surface area contributed by atoms with Gasteiger partial charge in [-0.05, 0) is 66.7 Å². The average Bonchev–Trinajstić information content (AvgIpc) is 3.44. The van der Waals surface area contributed by atoms with Crippen molar-refractivity contribution in [3.8, 4) is 22.7 Å². The molecule has 2 heterocycles. The Morgan fingerprint density at radius 3 is 2.41 bits per heavy atom. The summed E-state index contributed by atoms with van der Waals surface area (Å²) in [5, 5.41) is 2.91. The molecule has 5 nitrogen and oxygen atoms in total. The quantitative estimate of drug-likeness (QED) is 0.418. The second-order valence-electron chi connectivity index (χ2n) is 6.69. The second kappa shape index (κ2) is 7.13. The van der Waals surface area contributed by atoms with Crippen molar-refractivity contribution in [3.63, 3.8) is 0 Å². The number of nitrogens with one attached hydrogen (secondary N) is 2. The van der Waals surface area contributed by atoms with Gasteiger partial charge < -0.3 is 14.7 Å². The fraction of sp³-hybridized carbons (Fsp3) is 0. The fourth-order valence-corrected chi connectivity index (χ4v) is 3.25. The van der Waals surface area contributed by atoms with Gasteiger partial charge in [-0.2, -0.15) is 0 Å². The van der Waals surface area contributed by atoms with Gasteiger partial charge in [0.25, 0.3) is 5.91 Å². The summed E-state index contributed by atoms with van der Waals surface area (Å²) in [6, 6.07) is 26.6. The van der Waals surface area contributed by atoms with Crippen LogP contribution in [0.25, 0.3) is 33.7 Å². The third-order valence-electron chi connectivity index (χ3n) is 4.74. The first-order valence-electron chi connectivity index (χ1n) is 9.27. The maximum absolute atomic E-state index is 12.3. The topological polar surface area (TPSA) is 70.9 Å². The molecule has 0 saturated carbocycles. The first-order valence-corrected chi connectivity index (χ1v) is 9.27. The number of anilines is 1. The number of nitrogens with zero attached hydrogens (tertiary/aromatic N) is 1. The van der Waals surface area contributed by atoms with Gasteiger partial charge in [0.2, 0.25) is 0 Å². The Hall–Kier alpha value is -4.12. The number of aromatic nitrogens is 2. The number of hydrogen-bond acceptors (Lipinski definition) is 3. The molecular weight excluding hydrogens is 362 g/mol. The van der Waals surface area contributed by atoms with Crippen LogP contribution >= 0.6 is 0 Å². The zero-order chi connectivity index (χ0) is 19.6. The van der Waals surface area contributed by atoms with E-state index in [0.29, 0.717) is 5.56 Å². The number of carbonyl (C=O) groups excluding carboxylic acids is 1. The molecule has 2 aromatic heterocycles. The van der Waals surface area contributed by atoms with E-state index in [1.165, 1.54) is 0 Å². The van der Waals surface area contributed by atoms with Crippen LogP contribution in [0.1, 0.15) is 10.4 Å². The van der Waals surface area contributed by atoms with Crippen LogP contribution in [0.4, 0.5) is 5.69 Å². The van der Waals surface area contributed by atoms with Crippen LogP contribution in [0.2, 0.25) is 0 Å². The molecule has 0 unspecified atom stereocenters. The van der Waals surface area contributed by atoms with Gasteiger partial charge in [0, 0.05) is 22.4 Å². The van der Waals surface area contributed by atoms with E-state index in [0.717, 1.165) is 39.4 Å². The lowest BCUT2D eigenvalue weighted by molar-refractivity contribution is 0.102. The number of imidazole rings is 1. The molecule has 5 rings (SSSR count). The van der Waals surface area contributed by atoms with Gasteiger partial charge >= 0.3 is 0 Å². The second-order valence-corrected chi connectivity index (χ2v) is 6.69. The van der Waals surface area contributed by atoms with E-state index in [1.54, 1.807) is 18.4 Å². The Kier molecular flexibility index (Phi) is 4.18. The van der Waals surface area contributed by atoms with E-state index in [1.807, 2.05) is 72.8 Å². The van der Waals surface area contributed by atoms with Crippen LogP contribution in [0.3, 0.4) is 0 Å². The van der Waals surface area contributed by atoms with Crippen LogP contribution in [0, 0.1) is 0 Å². The number of hydrogen-bond donors (Lipinski definition) is 2. The number of amides is 1. The number of H-pyrrole nitrogens is 1. The summed E-state index contributed by atoms with van der Waals surface area (Å²) in [6.07, 6.45) is 1.66. The van der Waals surface area contributed by atoms with Crippen molar-refractivity contribution in [1.82, 2.24) is 9.97 Å². The lowest BCUT2D eigenvalue weighted by Gasteiger charge is -2.05. The molecule has 0 fully saturated rings. The summed E-state index contributed by atoms with van der Waals surface area (Å²) in [5.41, 5.74) is 5.13. The number of aromatic amines is 1. The summed E-state index contributed by atoms with van der Waals surface area (Å²) >= 11 is 0. The van der Waals surface area contributed by atoms with Crippen LogP contribution in [0.5, 0.6) is 0 Å². The van der Waals surface area contributed by atoms with Crippen molar-refractivity contribution in [2.45, 2.75) is 0 Å². The van der Waals surface area contributed by atoms with Gasteiger partial charge in [0.1, 0.15) is 11.6 Å². The molecule has 140 valence electrons. The van der Waals surface area contributed by atoms with Gasteiger partial charge in [0.05, 0.1) is 17.3 Å². The van der Waals surface area contributed by atoms with Gasteiger partial charge in [-0.1, -0.05) is 18.2 Å². The molecule has 0 radical (unpaired) electrons. The fourth-order valence-electron chi connectivity index (χ4n) is 3.25. The van der Waals surface area contributed by atoms with E-state index in [-0.39, 0.29) is 5.91 Å². The Labute approximate surface area is 167 Å². The van der Waals surface area contributed by atoms with E-state index >= 15 is 0 Å². The number of furan rings is 1. The van der Waals surface area contributed by atoms with E-state index in [4.69, 9.17) is 4.42 Å². The van der Waals surface area contributed by atoms with E-state index in [2.05, 4.69) is 15.3 Å². The molecule has 0 saturated heterocycles. The molecule has 5 aromatic rings. The lowest BCUT2D eigenvalue weighted by atomic mass is 10.1. The smallest absolute Gasteiger partial charge is 0.255 e. The van der Waals surface area contributed by atoms with Crippen LogP contribution in [-0.2, 0) is 0 Å². The summed E-state index contributed by atoms with van der Waals surface area (Å²) in [5.74, 6) is 1.46. The predicted octanol–water partition coefficient (Wildman–Crippen LogP) is 5.74. The van der Waals surface area contributed by atoms with Crippen molar-refractivity contribution in [2.75, 3.05) is 5.32 Å². The highest BCUT2D eigenvalue weighted by atomic mass is 16.3. The van der Waals surface area contributed by atoms with Crippen LogP contribution < -0.4 is 5.32 Å². The van der Waals surface area contributed by atoms with E-state index in [9.17, 15) is 4.79 Å². The minimum absolute atomic E-state index is 0.132. The van der Waals surface area contributed by atoms with Crippen molar-refractivity contribution in [2.24, 2.45) is 0 Å². The van der Waals surface area contributed by atoms with Crippen molar-refractivity contribution in [1.29, 1.82) is 0 Å². The van der Waals surface area contributed by atoms with Crippen molar-refractivity contribution in [3.05, 3.63) is 96.8 Å².